The molecule has 1 saturated carbocycles. The van der Waals surface area contributed by atoms with Gasteiger partial charge in [0.25, 0.3) is 5.56 Å². The lowest BCUT2D eigenvalue weighted by molar-refractivity contribution is -0.0654. The van der Waals surface area contributed by atoms with Gasteiger partial charge < -0.3 is 9.84 Å². The van der Waals surface area contributed by atoms with Crippen LogP contribution in [-0.2, 0) is 17.6 Å². The number of ether oxygens (including phenoxy) is 1. The fourth-order valence-electron chi connectivity index (χ4n) is 6.36. The molecule has 0 amide bonds. The first-order valence-corrected chi connectivity index (χ1v) is 15.5. The summed E-state index contributed by atoms with van der Waals surface area (Å²) in [6.45, 7) is 5.79. The SMILES string of the molecule is CCCc1c(Cc2ccc(-c3ccccc3-c3noc(=O)[nH]3)c(F)c2)c(=O)n(C2CCC(OCC(C)(C)O)CC2)c2ccnn12. The zero-order valence-electron chi connectivity index (χ0n) is 25.8. The van der Waals surface area contributed by atoms with Crippen molar-refractivity contribution >= 4 is 5.65 Å². The van der Waals surface area contributed by atoms with Crippen molar-refractivity contribution in [3.8, 4) is 22.5 Å². The van der Waals surface area contributed by atoms with E-state index in [1.54, 1.807) is 50.4 Å². The number of nitrogens with zero attached hydrogens (tertiary/aromatic N) is 4. The third-order valence-corrected chi connectivity index (χ3v) is 8.45. The molecule has 45 heavy (non-hydrogen) atoms. The van der Waals surface area contributed by atoms with E-state index in [1.807, 2.05) is 21.2 Å². The van der Waals surface area contributed by atoms with Gasteiger partial charge in [0.1, 0.15) is 11.5 Å². The Bertz CT molecular complexity index is 1920. The third kappa shape index (κ3) is 6.41. The summed E-state index contributed by atoms with van der Waals surface area (Å²) in [4.78, 5) is 28.4. The van der Waals surface area contributed by atoms with Gasteiger partial charge in [-0.2, -0.15) is 5.10 Å². The van der Waals surface area contributed by atoms with E-state index in [1.165, 1.54) is 6.07 Å². The van der Waals surface area contributed by atoms with Crippen LogP contribution in [0, 0.1) is 5.82 Å². The maximum atomic E-state index is 15.8. The number of hydrogen-bond donors (Lipinski definition) is 2. The second kappa shape index (κ2) is 12.6. The lowest BCUT2D eigenvalue weighted by atomic mass is 9.92. The second-order valence-corrected chi connectivity index (χ2v) is 12.5. The van der Waals surface area contributed by atoms with Crippen molar-refractivity contribution in [1.29, 1.82) is 0 Å². The summed E-state index contributed by atoms with van der Waals surface area (Å²) >= 11 is 0. The van der Waals surface area contributed by atoms with Crippen LogP contribution in [0.25, 0.3) is 28.2 Å². The van der Waals surface area contributed by atoms with Crippen LogP contribution in [0.4, 0.5) is 4.39 Å². The summed E-state index contributed by atoms with van der Waals surface area (Å²) in [6.07, 6.45) is 6.61. The van der Waals surface area contributed by atoms with Gasteiger partial charge in [-0.3, -0.25) is 18.9 Å². The van der Waals surface area contributed by atoms with Gasteiger partial charge in [0.2, 0.25) is 0 Å². The Kier molecular flexibility index (Phi) is 8.56. The lowest BCUT2D eigenvalue weighted by Crippen LogP contribution is -2.36. The molecule has 0 radical (unpaired) electrons. The minimum absolute atomic E-state index is 0.0216. The standard InChI is InChI=1S/C34H38FN5O5/c1-4-7-29-27(18-21-10-15-25(28(35)19-21)24-8-5-6-9-26(24)31-37-33(42)45-38-31)32(41)39(30-16-17-36-40(29)30)22-11-13-23(14-12-22)44-20-34(2,3)43/h5-6,8-10,15-17,19,22-23,43H,4,7,11-14,18,20H2,1-3H3,(H,37,38,42). The number of aliphatic hydroxyl groups is 1. The molecule has 1 fully saturated rings. The topological polar surface area (TPSA) is 128 Å². The summed E-state index contributed by atoms with van der Waals surface area (Å²) in [5, 5.41) is 18.4. The minimum Gasteiger partial charge on any atom is -0.388 e. The van der Waals surface area contributed by atoms with Gasteiger partial charge in [-0.25, -0.2) is 13.7 Å². The number of aryl methyl sites for hydroxylation is 1. The monoisotopic (exact) mass is 615 g/mol. The number of rotatable bonds is 10. The van der Waals surface area contributed by atoms with E-state index in [9.17, 15) is 14.7 Å². The van der Waals surface area contributed by atoms with Crippen molar-refractivity contribution in [2.24, 2.45) is 0 Å². The molecular formula is C34H38FN5O5. The van der Waals surface area contributed by atoms with Crippen LogP contribution in [0.15, 0.2) is 68.8 Å². The first kappa shape index (κ1) is 30.7. The smallest absolute Gasteiger partial charge is 0.388 e. The first-order chi connectivity index (χ1) is 21.6. The number of benzene rings is 2. The fraction of sp³-hybridized carbons (Fsp3) is 0.412. The predicted molar refractivity (Wildman–Crippen MR) is 168 cm³/mol. The number of H-pyrrole nitrogens is 1. The van der Waals surface area contributed by atoms with Crippen molar-refractivity contribution in [2.75, 3.05) is 6.61 Å². The van der Waals surface area contributed by atoms with Crippen molar-refractivity contribution < 1.29 is 18.8 Å². The second-order valence-electron chi connectivity index (χ2n) is 12.5. The molecule has 0 saturated heterocycles. The Morgan fingerprint density at radius 1 is 1.07 bits per heavy atom. The molecule has 0 atom stereocenters. The predicted octanol–water partition coefficient (Wildman–Crippen LogP) is 5.46. The molecule has 5 aromatic rings. The van der Waals surface area contributed by atoms with E-state index >= 15 is 4.39 Å². The zero-order valence-corrected chi connectivity index (χ0v) is 25.8. The van der Waals surface area contributed by atoms with Gasteiger partial charge >= 0.3 is 5.76 Å². The summed E-state index contributed by atoms with van der Waals surface area (Å²) in [5.41, 5.74) is 3.35. The molecule has 1 aliphatic carbocycles. The van der Waals surface area contributed by atoms with E-state index in [-0.39, 0.29) is 36.6 Å². The van der Waals surface area contributed by atoms with E-state index in [4.69, 9.17) is 4.74 Å². The largest absolute Gasteiger partial charge is 0.439 e. The Hall–Kier alpha value is -4.35. The average Bonchev–Trinajstić information content (AvgIpc) is 3.68. The van der Waals surface area contributed by atoms with Gasteiger partial charge in [-0.15, -0.1) is 0 Å². The van der Waals surface area contributed by atoms with Crippen LogP contribution < -0.4 is 11.3 Å². The van der Waals surface area contributed by atoms with Crippen molar-refractivity contribution in [1.82, 2.24) is 24.3 Å². The van der Waals surface area contributed by atoms with Gasteiger partial charge in [-0.1, -0.05) is 54.9 Å². The van der Waals surface area contributed by atoms with Crippen molar-refractivity contribution in [2.45, 2.75) is 83.5 Å². The molecule has 0 aliphatic heterocycles. The zero-order chi connectivity index (χ0) is 31.7. The van der Waals surface area contributed by atoms with Crippen LogP contribution >= 0.6 is 0 Å². The molecule has 0 spiro atoms. The Morgan fingerprint density at radius 3 is 2.49 bits per heavy atom. The number of hydrogen-bond acceptors (Lipinski definition) is 7. The average molecular weight is 616 g/mol. The molecule has 1 aliphatic rings. The lowest BCUT2D eigenvalue weighted by Gasteiger charge is -2.32. The molecule has 3 heterocycles. The van der Waals surface area contributed by atoms with Crippen LogP contribution in [-0.4, -0.2) is 47.7 Å². The van der Waals surface area contributed by atoms with Crippen molar-refractivity contribution in [3.63, 3.8) is 0 Å². The maximum Gasteiger partial charge on any atom is 0.439 e. The first-order valence-electron chi connectivity index (χ1n) is 15.5. The molecule has 11 heteroatoms. The number of halogens is 1. The Labute approximate surface area is 259 Å². The van der Waals surface area contributed by atoms with Crippen molar-refractivity contribution in [3.05, 3.63) is 98.3 Å². The highest BCUT2D eigenvalue weighted by atomic mass is 19.1. The number of fused-ring (bicyclic) bond motifs is 1. The summed E-state index contributed by atoms with van der Waals surface area (Å²) < 4.78 is 30.2. The highest BCUT2D eigenvalue weighted by molar-refractivity contribution is 5.80. The Morgan fingerprint density at radius 2 is 1.82 bits per heavy atom. The van der Waals surface area contributed by atoms with Crippen LogP contribution in [0.2, 0.25) is 0 Å². The van der Waals surface area contributed by atoms with Crippen LogP contribution in [0.3, 0.4) is 0 Å². The highest BCUT2D eigenvalue weighted by Gasteiger charge is 2.28. The molecule has 2 N–H and O–H groups in total. The fourth-order valence-corrected chi connectivity index (χ4v) is 6.36. The maximum absolute atomic E-state index is 15.8. The molecule has 3 aromatic heterocycles. The molecule has 10 nitrogen and oxygen atoms in total. The molecule has 0 unspecified atom stereocenters. The van der Waals surface area contributed by atoms with Gasteiger partial charge in [0, 0.05) is 35.2 Å². The minimum atomic E-state index is -0.889. The quantitative estimate of drug-likeness (QED) is 0.214. The summed E-state index contributed by atoms with van der Waals surface area (Å²) in [7, 11) is 0. The number of nitrogens with one attached hydrogen (secondary N) is 1. The van der Waals surface area contributed by atoms with Gasteiger partial charge in [-0.05, 0) is 63.1 Å². The Balaban J connectivity index is 1.33. The van der Waals surface area contributed by atoms with Gasteiger partial charge in [0.15, 0.2) is 5.82 Å². The van der Waals surface area contributed by atoms with E-state index in [2.05, 4.69) is 26.7 Å². The van der Waals surface area contributed by atoms with Crippen LogP contribution in [0.1, 0.15) is 75.7 Å². The molecular weight excluding hydrogens is 577 g/mol. The van der Waals surface area contributed by atoms with E-state index in [0.717, 1.165) is 43.4 Å². The molecule has 0 bridgehead atoms. The van der Waals surface area contributed by atoms with Gasteiger partial charge in [0.05, 0.1) is 30.2 Å². The van der Waals surface area contributed by atoms with E-state index in [0.29, 0.717) is 34.2 Å². The normalized spacial score (nSPS) is 17.3. The molecule has 6 rings (SSSR count). The molecule has 2 aromatic carbocycles. The summed E-state index contributed by atoms with van der Waals surface area (Å²) in [5.74, 6) is -0.924. The summed E-state index contributed by atoms with van der Waals surface area (Å²) in [6, 6.07) is 13.9. The van der Waals surface area contributed by atoms with Crippen LogP contribution in [0.5, 0.6) is 0 Å². The number of aromatic nitrogens is 5. The third-order valence-electron chi connectivity index (χ3n) is 8.45. The highest BCUT2D eigenvalue weighted by Crippen LogP contribution is 2.34. The molecule has 236 valence electrons. The number of aromatic amines is 1. The van der Waals surface area contributed by atoms with E-state index < -0.39 is 17.2 Å².